The summed E-state index contributed by atoms with van der Waals surface area (Å²) in [5, 5.41) is 10.3. The van der Waals surface area contributed by atoms with Crippen LogP contribution in [0, 0.1) is 24.2 Å². The maximum Gasteiger partial charge on any atom is 0.313 e. The third kappa shape index (κ3) is 0.913. The fraction of sp³-hybridized carbons (Fsp3) is 0.611. The summed E-state index contributed by atoms with van der Waals surface area (Å²) in [5.41, 5.74) is 4.21. The maximum absolute atomic E-state index is 12.8. The largest absolute Gasteiger partial charge is 0.508 e. The van der Waals surface area contributed by atoms with E-state index in [0.29, 0.717) is 5.75 Å². The van der Waals surface area contributed by atoms with Crippen molar-refractivity contribution in [3.8, 4) is 5.75 Å². The standard InChI is InChI=1S/C18H18O4/c1-6-9(19)5-8-3-4-18-7(2)14-16(22-17(18)20)12-13(18)11(8)10(6)15(12)21-14/h5,7,12-16,19H,3-4H2,1-2H3/t7-,12-,13-,14-,15+,16?,18?/m1/s1. The predicted molar refractivity (Wildman–Crippen MR) is 76.5 cm³/mol. The first-order valence-corrected chi connectivity index (χ1v) is 8.27. The van der Waals surface area contributed by atoms with Gasteiger partial charge in [0.2, 0.25) is 0 Å². The molecule has 1 aromatic carbocycles. The molecule has 7 rings (SSSR count). The Hall–Kier alpha value is -1.55. The van der Waals surface area contributed by atoms with Crippen LogP contribution < -0.4 is 0 Å². The van der Waals surface area contributed by atoms with Gasteiger partial charge in [0.05, 0.1) is 17.6 Å². The number of phenolic OH excluding ortho intramolecular Hbond substituents is 1. The van der Waals surface area contributed by atoms with E-state index in [1.54, 1.807) is 0 Å². The minimum Gasteiger partial charge on any atom is -0.508 e. The van der Waals surface area contributed by atoms with Gasteiger partial charge >= 0.3 is 5.97 Å². The Morgan fingerprint density at radius 2 is 2.14 bits per heavy atom. The van der Waals surface area contributed by atoms with Crippen molar-refractivity contribution >= 4 is 5.97 Å². The lowest BCUT2D eigenvalue weighted by Gasteiger charge is -2.57. The Morgan fingerprint density at radius 1 is 1.32 bits per heavy atom. The van der Waals surface area contributed by atoms with Gasteiger partial charge in [-0.1, -0.05) is 6.92 Å². The van der Waals surface area contributed by atoms with E-state index in [9.17, 15) is 9.90 Å². The van der Waals surface area contributed by atoms with Crippen LogP contribution in [-0.2, 0) is 20.7 Å². The molecule has 6 aliphatic rings. The van der Waals surface area contributed by atoms with E-state index < -0.39 is 5.41 Å². The first-order valence-electron chi connectivity index (χ1n) is 8.27. The van der Waals surface area contributed by atoms with Crippen molar-refractivity contribution in [1.82, 2.24) is 0 Å². The quantitative estimate of drug-likeness (QED) is 0.747. The second kappa shape index (κ2) is 3.21. The lowest BCUT2D eigenvalue weighted by Crippen LogP contribution is -2.64. The predicted octanol–water partition coefficient (Wildman–Crippen LogP) is 2.36. The second-order valence-corrected chi connectivity index (χ2v) is 7.78. The van der Waals surface area contributed by atoms with Gasteiger partial charge in [-0.3, -0.25) is 4.79 Å². The van der Waals surface area contributed by atoms with Gasteiger partial charge in [0.25, 0.3) is 0 Å². The van der Waals surface area contributed by atoms with Crippen LogP contribution in [0.3, 0.4) is 0 Å². The average molecular weight is 298 g/mol. The number of aromatic hydroxyl groups is 1. The number of hydrogen-bond donors (Lipinski definition) is 1. The molecule has 4 bridgehead atoms. The summed E-state index contributed by atoms with van der Waals surface area (Å²) in [5.74, 6) is 1.07. The van der Waals surface area contributed by atoms with E-state index in [4.69, 9.17) is 9.47 Å². The zero-order valence-electron chi connectivity index (χ0n) is 12.6. The molecule has 0 radical (unpaired) electrons. The fourth-order valence-corrected chi connectivity index (χ4v) is 6.45. The molecule has 22 heavy (non-hydrogen) atoms. The molecule has 3 aliphatic carbocycles. The molecule has 114 valence electrons. The number of benzene rings is 1. The number of aryl methyl sites for hydroxylation is 1. The van der Waals surface area contributed by atoms with Crippen LogP contribution in [0.2, 0.25) is 0 Å². The summed E-state index contributed by atoms with van der Waals surface area (Å²) < 4.78 is 12.2. The van der Waals surface area contributed by atoms with Gasteiger partial charge in [-0.25, -0.2) is 0 Å². The molecule has 4 heteroatoms. The summed E-state index contributed by atoms with van der Waals surface area (Å²) in [6, 6.07) is 1.91. The van der Waals surface area contributed by atoms with Crippen LogP contribution in [0.5, 0.6) is 5.75 Å². The number of esters is 1. The summed E-state index contributed by atoms with van der Waals surface area (Å²) in [7, 11) is 0. The zero-order chi connectivity index (χ0) is 15.0. The highest BCUT2D eigenvalue weighted by molar-refractivity contribution is 5.84. The van der Waals surface area contributed by atoms with E-state index in [1.165, 1.54) is 11.1 Å². The monoisotopic (exact) mass is 298 g/mol. The topological polar surface area (TPSA) is 55.8 Å². The summed E-state index contributed by atoms with van der Waals surface area (Å²) in [6.45, 7) is 4.14. The van der Waals surface area contributed by atoms with Crippen molar-refractivity contribution in [2.75, 3.05) is 0 Å². The molecule has 1 N–H and O–H groups in total. The number of carbonyl (C=O) groups is 1. The second-order valence-electron chi connectivity index (χ2n) is 7.78. The number of fused-ring (bicyclic) bond motifs is 2. The number of rotatable bonds is 0. The van der Waals surface area contributed by atoms with Gasteiger partial charge in [0.15, 0.2) is 0 Å². The van der Waals surface area contributed by atoms with Crippen LogP contribution in [-0.4, -0.2) is 23.3 Å². The molecule has 2 unspecified atom stereocenters. The fourth-order valence-electron chi connectivity index (χ4n) is 6.45. The van der Waals surface area contributed by atoms with Crippen molar-refractivity contribution in [3.63, 3.8) is 0 Å². The molecule has 7 atom stereocenters. The van der Waals surface area contributed by atoms with Crippen LogP contribution >= 0.6 is 0 Å². The van der Waals surface area contributed by atoms with E-state index in [1.807, 2.05) is 13.0 Å². The Balaban J connectivity index is 1.75. The first-order chi connectivity index (χ1) is 10.6. The summed E-state index contributed by atoms with van der Waals surface area (Å²) in [6.07, 6.45) is 1.60. The SMILES string of the molecule is Cc1c(O)cc2c3c1[C@@H]1O[C@H]4C5OC(=O)C(CC2)([C@@H]4C)[C@H]3[C@@H]51. The molecule has 0 aromatic heterocycles. The molecule has 1 spiro atoms. The molecule has 3 heterocycles. The molecule has 1 aromatic rings. The van der Waals surface area contributed by atoms with Crippen molar-refractivity contribution in [2.45, 2.75) is 50.9 Å². The van der Waals surface area contributed by atoms with E-state index in [2.05, 4.69) is 6.92 Å². The van der Waals surface area contributed by atoms with E-state index in [0.717, 1.165) is 24.0 Å². The highest BCUT2D eigenvalue weighted by Gasteiger charge is 2.76. The summed E-state index contributed by atoms with van der Waals surface area (Å²) in [4.78, 5) is 12.8. The lowest BCUT2D eigenvalue weighted by molar-refractivity contribution is -0.215. The normalized spacial score (nSPS) is 48.7. The molecular formula is C18H18O4. The molecule has 1 saturated carbocycles. The highest BCUT2D eigenvalue weighted by Crippen LogP contribution is 2.74. The van der Waals surface area contributed by atoms with Crippen molar-refractivity contribution < 1.29 is 19.4 Å². The molecule has 3 aliphatic heterocycles. The lowest BCUT2D eigenvalue weighted by atomic mass is 9.49. The third-order valence-electron chi connectivity index (χ3n) is 7.36. The van der Waals surface area contributed by atoms with Crippen molar-refractivity contribution in [1.29, 1.82) is 0 Å². The Labute approximate surface area is 128 Å². The number of carbonyl (C=O) groups excluding carboxylic acids is 1. The molecule has 4 nitrogen and oxygen atoms in total. The smallest absolute Gasteiger partial charge is 0.313 e. The van der Waals surface area contributed by atoms with Crippen LogP contribution in [0.15, 0.2) is 6.07 Å². The van der Waals surface area contributed by atoms with Gasteiger partial charge in [0.1, 0.15) is 11.9 Å². The van der Waals surface area contributed by atoms with Crippen molar-refractivity contribution in [2.24, 2.45) is 17.3 Å². The van der Waals surface area contributed by atoms with E-state index >= 15 is 0 Å². The van der Waals surface area contributed by atoms with Crippen molar-refractivity contribution in [3.05, 3.63) is 28.3 Å². The molecule has 4 fully saturated rings. The zero-order valence-corrected chi connectivity index (χ0v) is 12.6. The Kier molecular flexibility index (Phi) is 1.74. The average Bonchev–Trinajstić information content (AvgIpc) is 2.99. The number of hydrogen-bond acceptors (Lipinski definition) is 4. The molecule has 0 amide bonds. The number of phenols is 1. The highest BCUT2D eigenvalue weighted by atomic mass is 16.6. The van der Waals surface area contributed by atoms with Gasteiger partial charge in [-0.15, -0.1) is 0 Å². The number of ether oxygens (including phenoxy) is 2. The van der Waals surface area contributed by atoms with Crippen LogP contribution in [0.4, 0.5) is 0 Å². The molecular weight excluding hydrogens is 280 g/mol. The first kappa shape index (κ1) is 11.9. The Morgan fingerprint density at radius 3 is 2.95 bits per heavy atom. The van der Waals surface area contributed by atoms with Crippen LogP contribution in [0.1, 0.15) is 47.6 Å². The molecule has 3 saturated heterocycles. The van der Waals surface area contributed by atoms with Crippen LogP contribution in [0.25, 0.3) is 0 Å². The van der Waals surface area contributed by atoms with Gasteiger partial charge < -0.3 is 14.6 Å². The minimum atomic E-state index is -0.402. The summed E-state index contributed by atoms with van der Waals surface area (Å²) >= 11 is 0. The van der Waals surface area contributed by atoms with E-state index in [-0.39, 0.29) is 42.0 Å². The van der Waals surface area contributed by atoms with Gasteiger partial charge in [0, 0.05) is 17.8 Å². The van der Waals surface area contributed by atoms with Gasteiger partial charge in [-0.2, -0.15) is 0 Å². The Bertz CT molecular complexity index is 769. The minimum absolute atomic E-state index is 0.00336. The van der Waals surface area contributed by atoms with Gasteiger partial charge in [-0.05, 0) is 48.1 Å². The third-order valence-corrected chi connectivity index (χ3v) is 7.36. The maximum atomic E-state index is 12.8.